The summed E-state index contributed by atoms with van der Waals surface area (Å²) in [6.45, 7) is 7.03. The van der Waals surface area contributed by atoms with E-state index in [1.807, 2.05) is 0 Å². The Morgan fingerprint density at radius 3 is 2.68 bits per heavy atom. The average Bonchev–Trinajstić information content (AvgIpc) is 3.40. The second kappa shape index (κ2) is 10.8. The van der Waals surface area contributed by atoms with E-state index in [0.29, 0.717) is 4.47 Å². The molecule has 0 spiro atoms. The Morgan fingerprint density at radius 2 is 2.05 bits per heavy atom. The maximum absolute atomic E-state index is 13.2. The lowest BCUT2D eigenvalue weighted by molar-refractivity contribution is -0.118. The number of carbonyl (C=O) groups is 1. The molecule has 1 aromatic carbocycles. The predicted molar refractivity (Wildman–Crippen MR) is 137 cm³/mol. The van der Waals surface area contributed by atoms with E-state index in [2.05, 4.69) is 47.9 Å². The number of hydrogen-bond acceptors (Lipinski definition) is 10. The van der Waals surface area contributed by atoms with Gasteiger partial charge in [-0.15, -0.1) is 0 Å². The number of aromatic nitrogens is 4. The highest BCUT2D eigenvalue weighted by Gasteiger charge is 2.49. The van der Waals surface area contributed by atoms with E-state index >= 15 is 0 Å². The van der Waals surface area contributed by atoms with Gasteiger partial charge in [0, 0.05) is 17.5 Å². The third-order valence-corrected chi connectivity index (χ3v) is 7.52. The van der Waals surface area contributed by atoms with Crippen LogP contribution in [0.1, 0.15) is 20.1 Å². The maximum Gasteiger partial charge on any atom is 0.297 e. The van der Waals surface area contributed by atoms with Gasteiger partial charge in [-0.3, -0.25) is 33.6 Å². The number of rotatable bonds is 9. The Balaban J connectivity index is 1.78. The number of imidazole rings is 1. The molecule has 4 rings (SSSR count). The van der Waals surface area contributed by atoms with Crippen LogP contribution >= 0.6 is 15.9 Å². The molecule has 0 aliphatic carbocycles. The van der Waals surface area contributed by atoms with Crippen molar-refractivity contribution in [2.24, 2.45) is 10.9 Å². The van der Waals surface area contributed by atoms with E-state index in [0.717, 1.165) is 0 Å². The fraction of sp³-hybridized carbons (Fsp3) is 0.409. The van der Waals surface area contributed by atoms with Crippen molar-refractivity contribution in [3.05, 3.63) is 45.4 Å². The number of amides is 1. The lowest BCUT2D eigenvalue weighted by Gasteiger charge is -2.22. The third kappa shape index (κ3) is 5.50. The molecule has 0 unspecified atom stereocenters. The summed E-state index contributed by atoms with van der Waals surface area (Å²) in [6, 6.07) is 5.08. The Kier molecular flexibility index (Phi) is 7.89. The Morgan fingerprint density at radius 1 is 1.35 bits per heavy atom. The summed E-state index contributed by atoms with van der Waals surface area (Å²) in [5.74, 6) is -0.814. The summed E-state index contributed by atoms with van der Waals surface area (Å²) < 4.78 is 45.4. The Labute approximate surface area is 220 Å². The number of hydrogen-bond donors (Lipinski definition) is 2. The molecule has 0 saturated carbocycles. The quantitative estimate of drug-likeness (QED) is 0.277. The molecule has 15 heteroatoms. The minimum atomic E-state index is -4.27. The van der Waals surface area contributed by atoms with Crippen LogP contribution in [-0.2, 0) is 28.6 Å². The summed E-state index contributed by atoms with van der Waals surface area (Å²) in [7, 11) is -2.81. The van der Waals surface area contributed by atoms with Crippen molar-refractivity contribution < 1.29 is 26.9 Å². The number of aliphatic imine (C=N–C) groups is 1. The molecule has 1 saturated heterocycles. The smallest absolute Gasteiger partial charge is 0.297 e. The maximum atomic E-state index is 13.2. The highest BCUT2D eigenvalue weighted by Crippen LogP contribution is 2.37. The summed E-state index contributed by atoms with van der Waals surface area (Å²) in [6.07, 6.45) is -1.78. The van der Waals surface area contributed by atoms with Gasteiger partial charge in [-0.1, -0.05) is 29.8 Å². The molecule has 1 fully saturated rings. The minimum absolute atomic E-state index is 0.0426. The molecular formula is C22H25BrN6O7S. The Bertz CT molecular complexity index is 1470. The molecule has 1 aliphatic heterocycles. The van der Waals surface area contributed by atoms with Crippen LogP contribution in [-0.4, -0.2) is 72.5 Å². The molecule has 1 amide bonds. The van der Waals surface area contributed by atoms with Gasteiger partial charge in [0.05, 0.1) is 17.8 Å². The van der Waals surface area contributed by atoms with Gasteiger partial charge in [0.1, 0.15) is 18.2 Å². The number of aromatic amines is 1. The van der Waals surface area contributed by atoms with Crippen LogP contribution in [0.15, 0.2) is 49.7 Å². The van der Waals surface area contributed by atoms with Crippen LogP contribution in [0.3, 0.4) is 0 Å². The number of carbonyl (C=O) groups excluding carboxylic acids is 1. The normalized spacial score (nSPS) is 22.0. The molecule has 0 radical (unpaired) electrons. The number of nitrogens with one attached hydrogen (secondary N) is 2. The number of H-pyrrole nitrogens is 1. The van der Waals surface area contributed by atoms with Crippen LogP contribution in [0.4, 0.5) is 5.95 Å². The molecule has 37 heavy (non-hydrogen) atoms. The summed E-state index contributed by atoms with van der Waals surface area (Å²) in [5.41, 5.74) is -0.602. The van der Waals surface area contributed by atoms with Gasteiger partial charge in [-0.05, 0) is 31.0 Å². The molecule has 2 N–H and O–H groups in total. The van der Waals surface area contributed by atoms with Crippen molar-refractivity contribution in [1.29, 1.82) is 0 Å². The van der Waals surface area contributed by atoms with Crippen LogP contribution in [0.25, 0.3) is 11.2 Å². The topological polar surface area (TPSA) is 167 Å². The van der Waals surface area contributed by atoms with Crippen LogP contribution < -0.4 is 10.9 Å². The number of nitrogens with zero attached hydrogens (tertiary/aromatic N) is 4. The Hall–Kier alpha value is -2.98. The highest BCUT2D eigenvalue weighted by molar-refractivity contribution is 9.10. The van der Waals surface area contributed by atoms with Crippen molar-refractivity contribution >= 4 is 55.8 Å². The number of halogens is 1. The standard InChI is InChI=1S/C22H25BrN6O7S/c1-11(2)19(30)27-22-26-18-16(20(31)28-22)25-10-29(18)21-17(15(24-3)14(35-21)9-34-4)36-37(32,33)13-7-5-12(23)6-8-13/h5-8,10-11,14-15,17,21H,3,9H2,1-2,4H3,(H2,26,27,28,30,31)/t14-,15-,17-,21-/m1/s1. The molecule has 13 nitrogen and oxygen atoms in total. The second-order valence-electron chi connectivity index (χ2n) is 8.55. The first-order chi connectivity index (χ1) is 17.6. The van der Waals surface area contributed by atoms with Gasteiger partial charge < -0.3 is 9.47 Å². The number of methoxy groups -OCH3 is 1. The molecular weight excluding hydrogens is 572 g/mol. The first-order valence-corrected chi connectivity index (χ1v) is 13.3. The van der Waals surface area contributed by atoms with E-state index in [4.69, 9.17) is 13.7 Å². The average molecular weight is 597 g/mol. The highest BCUT2D eigenvalue weighted by atomic mass is 79.9. The first kappa shape index (κ1) is 27.1. The van der Waals surface area contributed by atoms with Crippen LogP contribution in [0.5, 0.6) is 0 Å². The SMILES string of the molecule is C=N[C@H]1[C@@H](OS(=O)(=O)c2ccc(Br)cc2)[C@H](n2cnc3c(=O)[nH]c(NC(=O)C(C)C)nc32)O[C@@H]1COC. The zero-order valence-corrected chi connectivity index (χ0v) is 22.5. The zero-order valence-electron chi connectivity index (χ0n) is 20.1. The van der Waals surface area contributed by atoms with Crippen molar-refractivity contribution in [3.63, 3.8) is 0 Å². The van der Waals surface area contributed by atoms with Gasteiger partial charge in [0.2, 0.25) is 11.9 Å². The minimum Gasteiger partial charge on any atom is -0.382 e. The van der Waals surface area contributed by atoms with Gasteiger partial charge in [0.25, 0.3) is 15.7 Å². The fourth-order valence-corrected chi connectivity index (χ4v) is 5.15. The molecule has 2 aromatic heterocycles. The van der Waals surface area contributed by atoms with E-state index in [1.54, 1.807) is 26.0 Å². The van der Waals surface area contributed by atoms with E-state index < -0.39 is 40.2 Å². The van der Waals surface area contributed by atoms with Crippen molar-refractivity contribution in [2.75, 3.05) is 19.0 Å². The molecule has 1 aliphatic rings. The van der Waals surface area contributed by atoms with Gasteiger partial charge in [-0.2, -0.15) is 13.4 Å². The molecule has 198 valence electrons. The van der Waals surface area contributed by atoms with Crippen molar-refractivity contribution in [1.82, 2.24) is 19.5 Å². The molecule has 4 atom stereocenters. The molecule has 3 aromatic rings. The van der Waals surface area contributed by atoms with E-state index in [9.17, 15) is 18.0 Å². The number of ether oxygens (including phenoxy) is 2. The first-order valence-electron chi connectivity index (χ1n) is 11.1. The number of benzene rings is 1. The van der Waals surface area contributed by atoms with Gasteiger partial charge in [-0.25, -0.2) is 4.98 Å². The fourth-order valence-electron chi connectivity index (χ4n) is 3.80. The summed E-state index contributed by atoms with van der Waals surface area (Å²) in [4.78, 5) is 39.7. The lowest BCUT2D eigenvalue weighted by Crippen LogP contribution is -2.36. The second-order valence-corrected chi connectivity index (χ2v) is 11.0. The van der Waals surface area contributed by atoms with E-state index in [-0.39, 0.29) is 40.4 Å². The van der Waals surface area contributed by atoms with Gasteiger partial charge >= 0.3 is 0 Å². The van der Waals surface area contributed by atoms with Gasteiger partial charge in [0.15, 0.2) is 17.4 Å². The predicted octanol–water partition coefficient (Wildman–Crippen LogP) is 1.86. The van der Waals surface area contributed by atoms with Crippen LogP contribution in [0, 0.1) is 5.92 Å². The van der Waals surface area contributed by atoms with Crippen LogP contribution in [0.2, 0.25) is 0 Å². The molecule has 0 bridgehead atoms. The van der Waals surface area contributed by atoms with Crippen molar-refractivity contribution in [3.8, 4) is 0 Å². The van der Waals surface area contributed by atoms with E-state index in [1.165, 1.54) is 30.1 Å². The monoisotopic (exact) mass is 596 g/mol. The summed E-state index contributed by atoms with van der Waals surface area (Å²) in [5, 5.41) is 2.54. The molecule has 3 heterocycles. The zero-order chi connectivity index (χ0) is 26.9. The largest absolute Gasteiger partial charge is 0.382 e. The number of anilines is 1. The third-order valence-electron chi connectivity index (χ3n) is 5.67. The summed E-state index contributed by atoms with van der Waals surface area (Å²) >= 11 is 3.27. The number of fused-ring (bicyclic) bond motifs is 1. The lowest BCUT2D eigenvalue weighted by atomic mass is 10.1. The van der Waals surface area contributed by atoms with Crippen molar-refractivity contribution in [2.45, 2.75) is 43.2 Å².